The number of aryl methyl sites for hydroxylation is 1. The summed E-state index contributed by atoms with van der Waals surface area (Å²) in [6, 6.07) is 8.21. The minimum absolute atomic E-state index is 0.889. The van der Waals surface area contributed by atoms with Crippen LogP contribution < -0.4 is 5.01 Å². The molecule has 0 aromatic heterocycles. The number of nitrogens with zero attached hydrogens (tertiary/aromatic N) is 2. The van der Waals surface area contributed by atoms with Gasteiger partial charge in [-0.25, -0.2) is 0 Å². The van der Waals surface area contributed by atoms with Crippen molar-refractivity contribution < 1.29 is 0 Å². The number of unbranched alkanes of at least 4 members (excludes halogenated alkanes) is 1. The first-order valence-electron chi connectivity index (χ1n) is 6.20. The van der Waals surface area contributed by atoms with Crippen LogP contribution in [0.15, 0.2) is 42.0 Å². The predicted molar refractivity (Wildman–Crippen MR) is 78.9 cm³/mol. The van der Waals surface area contributed by atoms with Gasteiger partial charge in [-0.15, -0.1) is 6.58 Å². The van der Waals surface area contributed by atoms with Gasteiger partial charge in [0.2, 0.25) is 0 Å². The Balaban J connectivity index is 0.00000121. The Labute approximate surface area is 106 Å². The molecule has 0 unspecified atom stereocenters. The van der Waals surface area contributed by atoms with Crippen LogP contribution in [0.4, 0.5) is 5.69 Å². The summed E-state index contributed by atoms with van der Waals surface area (Å²) in [5.41, 5.74) is 2.36. The molecule has 0 saturated carbocycles. The topological polar surface area (TPSA) is 15.6 Å². The van der Waals surface area contributed by atoms with E-state index < -0.39 is 0 Å². The smallest absolute Gasteiger partial charge is 0.0622 e. The highest BCUT2D eigenvalue weighted by Gasteiger charge is 2.05. The third-order valence-electron chi connectivity index (χ3n) is 2.34. The van der Waals surface area contributed by atoms with Crippen LogP contribution in [0.1, 0.15) is 32.3 Å². The fraction of sp³-hybridized carbons (Fsp3) is 0.400. The number of hydrazone groups is 1. The Morgan fingerprint density at radius 3 is 2.47 bits per heavy atom. The summed E-state index contributed by atoms with van der Waals surface area (Å²) >= 11 is 0. The third kappa shape index (κ3) is 5.34. The lowest BCUT2D eigenvalue weighted by Gasteiger charge is -2.20. The van der Waals surface area contributed by atoms with Crippen molar-refractivity contribution in [1.29, 1.82) is 0 Å². The Morgan fingerprint density at radius 1 is 1.29 bits per heavy atom. The molecule has 1 rings (SSSR count). The molecule has 0 aliphatic heterocycles. The van der Waals surface area contributed by atoms with Gasteiger partial charge >= 0.3 is 0 Å². The van der Waals surface area contributed by atoms with Gasteiger partial charge in [0, 0.05) is 13.3 Å². The highest BCUT2D eigenvalue weighted by Crippen LogP contribution is 2.19. The standard InChI is InChI=1S/C13H18N2.C2H6/c1-4-5-8-11-15(14-3)13-10-7-6-9-12(13)2;1-2/h4,6-7,9-10H,1,3,5,8,11H2,2H3;1-2H3. The zero-order valence-corrected chi connectivity index (χ0v) is 11.3. The zero-order chi connectivity index (χ0) is 13.1. The maximum atomic E-state index is 4.04. The molecular weight excluding hydrogens is 208 g/mol. The fourth-order valence-corrected chi connectivity index (χ4v) is 1.51. The van der Waals surface area contributed by atoms with Crippen molar-refractivity contribution >= 4 is 12.4 Å². The minimum Gasteiger partial charge on any atom is -0.266 e. The quantitative estimate of drug-likeness (QED) is 0.307. The summed E-state index contributed by atoms with van der Waals surface area (Å²) in [5, 5.41) is 5.98. The van der Waals surface area contributed by atoms with Crippen molar-refractivity contribution in [2.24, 2.45) is 5.10 Å². The Hall–Kier alpha value is -1.57. The predicted octanol–water partition coefficient (Wildman–Crippen LogP) is 4.41. The number of benzene rings is 1. The Bertz CT molecular complexity index is 331. The highest BCUT2D eigenvalue weighted by molar-refractivity contribution is 5.53. The molecule has 0 heterocycles. The zero-order valence-electron chi connectivity index (χ0n) is 11.3. The van der Waals surface area contributed by atoms with Crippen molar-refractivity contribution in [3.05, 3.63) is 42.5 Å². The first-order chi connectivity index (χ1) is 8.29. The van der Waals surface area contributed by atoms with Gasteiger partial charge < -0.3 is 0 Å². The number of para-hydroxylation sites is 1. The Morgan fingerprint density at radius 2 is 1.94 bits per heavy atom. The number of allylic oxidation sites excluding steroid dienone is 1. The Kier molecular flexibility index (Phi) is 8.75. The van der Waals surface area contributed by atoms with Crippen LogP contribution in [0.25, 0.3) is 0 Å². The second kappa shape index (κ2) is 9.64. The van der Waals surface area contributed by atoms with Crippen LogP contribution in [0.3, 0.4) is 0 Å². The normalized spacial score (nSPS) is 8.88. The van der Waals surface area contributed by atoms with Crippen LogP contribution in [-0.2, 0) is 0 Å². The van der Waals surface area contributed by atoms with Crippen LogP contribution in [-0.4, -0.2) is 13.3 Å². The fourth-order valence-electron chi connectivity index (χ4n) is 1.51. The van der Waals surface area contributed by atoms with Gasteiger partial charge in [0.25, 0.3) is 0 Å². The van der Waals surface area contributed by atoms with Gasteiger partial charge in [0.15, 0.2) is 0 Å². The monoisotopic (exact) mass is 232 g/mol. The third-order valence-corrected chi connectivity index (χ3v) is 2.34. The highest BCUT2D eigenvalue weighted by atomic mass is 15.4. The largest absolute Gasteiger partial charge is 0.266 e. The molecule has 2 nitrogen and oxygen atoms in total. The second-order valence-corrected chi connectivity index (χ2v) is 3.48. The van der Waals surface area contributed by atoms with E-state index in [9.17, 15) is 0 Å². The van der Waals surface area contributed by atoms with E-state index in [1.54, 1.807) is 0 Å². The molecule has 0 radical (unpaired) electrons. The van der Waals surface area contributed by atoms with Gasteiger partial charge in [-0.3, -0.25) is 5.01 Å². The van der Waals surface area contributed by atoms with Crippen LogP contribution >= 0.6 is 0 Å². The van der Waals surface area contributed by atoms with Crippen LogP contribution in [0, 0.1) is 6.92 Å². The second-order valence-electron chi connectivity index (χ2n) is 3.48. The average Bonchev–Trinajstić information content (AvgIpc) is 2.38. The van der Waals surface area contributed by atoms with Gasteiger partial charge in [-0.05, 0) is 31.4 Å². The maximum Gasteiger partial charge on any atom is 0.0622 e. The number of rotatable bonds is 6. The lowest BCUT2D eigenvalue weighted by atomic mass is 10.2. The van der Waals surface area contributed by atoms with Gasteiger partial charge in [0.05, 0.1) is 5.69 Å². The van der Waals surface area contributed by atoms with Crippen LogP contribution in [0.2, 0.25) is 0 Å². The summed E-state index contributed by atoms with van der Waals surface area (Å²) in [6.45, 7) is 14.3. The SMILES string of the molecule is C=CCCCN(N=C)c1ccccc1C.CC. The molecule has 0 spiro atoms. The number of anilines is 1. The number of hydrogen-bond donors (Lipinski definition) is 0. The number of hydrogen-bond acceptors (Lipinski definition) is 2. The molecule has 1 aromatic carbocycles. The van der Waals surface area contributed by atoms with E-state index in [0.717, 1.165) is 25.1 Å². The molecular formula is C15H24N2. The van der Waals surface area contributed by atoms with E-state index in [1.165, 1.54) is 5.56 Å². The van der Waals surface area contributed by atoms with E-state index in [0.29, 0.717) is 0 Å². The summed E-state index contributed by atoms with van der Waals surface area (Å²) in [5.74, 6) is 0. The molecule has 0 atom stereocenters. The molecule has 0 N–H and O–H groups in total. The van der Waals surface area contributed by atoms with Crippen molar-refractivity contribution in [3.63, 3.8) is 0 Å². The first kappa shape index (κ1) is 15.4. The summed E-state index contributed by atoms with van der Waals surface area (Å²) in [4.78, 5) is 0. The van der Waals surface area contributed by atoms with E-state index in [1.807, 2.05) is 37.1 Å². The molecule has 0 aliphatic rings. The van der Waals surface area contributed by atoms with Crippen molar-refractivity contribution in [1.82, 2.24) is 0 Å². The molecule has 1 aromatic rings. The molecule has 2 heteroatoms. The first-order valence-corrected chi connectivity index (χ1v) is 6.20. The van der Waals surface area contributed by atoms with Gasteiger partial charge in [-0.1, -0.05) is 38.1 Å². The van der Waals surface area contributed by atoms with E-state index in [2.05, 4.69) is 37.5 Å². The average molecular weight is 232 g/mol. The van der Waals surface area contributed by atoms with Gasteiger partial charge in [-0.2, -0.15) is 5.10 Å². The van der Waals surface area contributed by atoms with E-state index in [-0.39, 0.29) is 0 Å². The lowest BCUT2D eigenvalue weighted by molar-refractivity contribution is 0.769. The summed E-state index contributed by atoms with van der Waals surface area (Å²) < 4.78 is 0. The van der Waals surface area contributed by atoms with Crippen LogP contribution in [0.5, 0.6) is 0 Å². The van der Waals surface area contributed by atoms with E-state index >= 15 is 0 Å². The minimum atomic E-state index is 0.889. The lowest BCUT2D eigenvalue weighted by Crippen LogP contribution is -2.17. The maximum absolute atomic E-state index is 4.04. The molecule has 0 amide bonds. The van der Waals surface area contributed by atoms with Crippen molar-refractivity contribution in [2.45, 2.75) is 33.6 Å². The molecule has 94 valence electrons. The molecule has 0 saturated heterocycles. The molecule has 0 aliphatic carbocycles. The van der Waals surface area contributed by atoms with Crippen molar-refractivity contribution in [3.8, 4) is 0 Å². The molecule has 0 fully saturated rings. The van der Waals surface area contributed by atoms with E-state index in [4.69, 9.17) is 0 Å². The summed E-state index contributed by atoms with van der Waals surface area (Å²) in [6.07, 6.45) is 3.99. The molecule has 17 heavy (non-hydrogen) atoms. The van der Waals surface area contributed by atoms with Gasteiger partial charge in [0.1, 0.15) is 0 Å². The summed E-state index contributed by atoms with van der Waals surface area (Å²) in [7, 11) is 0. The van der Waals surface area contributed by atoms with Crippen molar-refractivity contribution in [2.75, 3.05) is 11.6 Å². The molecule has 0 bridgehead atoms.